The number of pyridine rings is 1. The van der Waals surface area contributed by atoms with E-state index < -0.39 is 0 Å². The largest absolute Gasteiger partial charge is 0.493 e. The van der Waals surface area contributed by atoms with E-state index in [1.165, 1.54) is 16.8 Å². The monoisotopic (exact) mass is 490 g/mol. The van der Waals surface area contributed by atoms with Gasteiger partial charge in [0.1, 0.15) is 0 Å². The molecule has 180 valence electrons. The van der Waals surface area contributed by atoms with Crippen molar-refractivity contribution < 1.29 is 19.1 Å². The summed E-state index contributed by atoms with van der Waals surface area (Å²) in [6.07, 6.45) is 3.90. The van der Waals surface area contributed by atoms with Crippen molar-refractivity contribution in [2.75, 3.05) is 19.5 Å². The summed E-state index contributed by atoms with van der Waals surface area (Å²) in [7, 11) is 3.18. The summed E-state index contributed by atoms with van der Waals surface area (Å²) in [5, 5.41) is 8.90. The number of benzene rings is 2. The van der Waals surface area contributed by atoms with Gasteiger partial charge >= 0.3 is 5.24 Å². The Hall–Kier alpha value is -3.85. The normalized spacial score (nSPS) is 15.4. The fourth-order valence-corrected chi connectivity index (χ4v) is 4.65. The summed E-state index contributed by atoms with van der Waals surface area (Å²) >= 11 is 1.26. The quantitative estimate of drug-likeness (QED) is 0.466. The second-order valence-electron chi connectivity index (χ2n) is 7.78. The Morgan fingerprint density at radius 3 is 2.54 bits per heavy atom. The molecule has 3 aromatic rings. The number of hydrazone groups is 1. The predicted octanol–water partition coefficient (Wildman–Crippen LogP) is 5.20. The third kappa shape index (κ3) is 5.63. The van der Waals surface area contributed by atoms with Gasteiger partial charge in [0.25, 0.3) is 5.91 Å². The standard InChI is InChI=1S/C26H26N4O4S/c1-4-23-24(19-8-9-21(33-2)22(15-19)34-3)29-30(26(32)35-23)16-17-6-5-7-20(14-17)28-25(31)18-10-12-27-13-11-18/h5-15,23H,4,16H2,1-3H3,(H,28,31). The van der Waals surface area contributed by atoms with Gasteiger partial charge in [-0.25, -0.2) is 5.01 Å². The van der Waals surface area contributed by atoms with Crippen molar-refractivity contribution in [2.24, 2.45) is 5.10 Å². The van der Waals surface area contributed by atoms with Crippen LogP contribution >= 0.6 is 11.8 Å². The number of thioether (sulfide) groups is 1. The average molecular weight is 491 g/mol. The van der Waals surface area contributed by atoms with E-state index in [1.54, 1.807) is 44.8 Å². The number of anilines is 1. The molecule has 0 saturated carbocycles. The molecule has 35 heavy (non-hydrogen) atoms. The molecule has 9 heteroatoms. The number of amides is 2. The Balaban J connectivity index is 1.57. The minimum Gasteiger partial charge on any atom is -0.493 e. The van der Waals surface area contributed by atoms with Gasteiger partial charge < -0.3 is 14.8 Å². The van der Waals surface area contributed by atoms with Crippen molar-refractivity contribution in [1.82, 2.24) is 9.99 Å². The number of aromatic nitrogens is 1. The van der Waals surface area contributed by atoms with Crippen molar-refractivity contribution >= 4 is 34.3 Å². The van der Waals surface area contributed by atoms with Gasteiger partial charge in [-0.05, 0) is 54.4 Å². The summed E-state index contributed by atoms with van der Waals surface area (Å²) < 4.78 is 10.8. The van der Waals surface area contributed by atoms with E-state index in [4.69, 9.17) is 14.6 Å². The predicted molar refractivity (Wildman–Crippen MR) is 137 cm³/mol. The number of hydrogen-bond donors (Lipinski definition) is 1. The van der Waals surface area contributed by atoms with Crippen LogP contribution in [0, 0.1) is 0 Å². The molecule has 0 fully saturated rings. The molecule has 1 atom stereocenters. The molecule has 0 aliphatic carbocycles. The van der Waals surface area contributed by atoms with Crippen LogP contribution in [0.3, 0.4) is 0 Å². The van der Waals surface area contributed by atoms with E-state index in [0.717, 1.165) is 23.3 Å². The molecule has 2 aromatic carbocycles. The summed E-state index contributed by atoms with van der Waals surface area (Å²) in [5.41, 5.74) is 3.68. The van der Waals surface area contributed by atoms with Gasteiger partial charge in [0, 0.05) is 29.2 Å². The lowest BCUT2D eigenvalue weighted by molar-refractivity contribution is 0.102. The summed E-state index contributed by atoms with van der Waals surface area (Å²) in [6.45, 7) is 2.31. The second-order valence-corrected chi connectivity index (χ2v) is 8.94. The Morgan fingerprint density at radius 1 is 1.06 bits per heavy atom. The highest BCUT2D eigenvalue weighted by Gasteiger charge is 2.30. The molecule has 2 heterocycles. The number of nitrogens with one attached hydrogen (secondary N) is 1. The Labute approximate surface area is 208 Å². The van der Waals surface area contributed by atoms with E-state index in [1.807, 2.05) is 43.3 Å². The van der Waals surface area contributed by atoms with Crippen LogP contribution < -0.4 is 14.8 Å². The minimum absolute atomic E-state index is 0.0668. The van der Waals surface area contributed by atoms with Crippen LogP contribution in [0.4, 0.5) is 10.5 Å². The Bertz CT molecular complexity index is 1250. The van der Waals surface area contributed by atoms with Crippen LogP contribution in [-0.4, -0.2) is 46.3 Å². The zero-order chi connectivity index (χ0) is 24.8. The van der Waals surface area contributed by atoms with Crippen molar-refractivity contribution in [3.05, 3.63) is 83.7 Å². The summed E-state index contributed by atoms with van der Waals surface area (Å²) in [5.74, 6) is 1.01. The topological polar surface area (TPSA) is 93.1 Å². The first-order valence-corrected chi connectivity index (χ1v) is 12.0. The van der Waals surface area contributed by atoms with Crippen LogP contribution in [0.2, 0.25) is 0 Å². The molecule has 1 aliphatic rings. The number of hydrogen-bond acceptors (Lipinski definition) is 7. The Morgan fingerprint density at radius 2 is 1.83 bits per heavy atom. The number of carbonyl (C=O) groups excluding carboxylic acids is 2. The number of nitrogens with zero attached hydrogens (tertiary/aromatic N) is 3. The van der Waals surface area contributed by atoms with Gasteiger partial charge in [0.2, 0.25) is 0 Å². The van der Waals surface area contributed by atoms with Gasteiger partial charge in [0.05, 0.1) is 31.7 Å². The van der Waals surface area contributed by atoms with Crippen molar-refractivity contribution in [3.63, 3.8) is 0 Å². The maximum atomic E-state index is 12.9. The van der Waals surface area contributed by atoms with E-state index in [2.05, 4.69) is 10.3 Å². The van der Waals surface area contributed by atoms with Gasteiger partial charge in [-0.3, -0.25) is 14.6 Å². The second kappa shape index (κ2) is 11.1. The summed E-state index contributed by atoms with van der Waals surface area (Å²) in [4.78, 5) is 29.3. The fourth-order valence-electron chi connectivity index (χ4n) is 3.72. The molecule has 1 unspecified atom stereocenters. The van der Waals surface area contributed by atoms with Gasteiger partial charge in [0.15, 0.2) is 11.5 Å². The van der Waals surface area contributed by atoms with Crippen LogP contribution in [-0.2, 0) is 6.54 Å². The molecule has 4 rings (SSSR count). The lowest BCUT2D eigenvalue weighted by Gasteiger charge is -2.28. The molecule has 1 aliphatic heterocycles. The van der Waals surface area contributed by atoms with E-state index >= 15 is 0 Å². The smallest absolute Gasteiger partial charge is 0.302 e. The van der Waals surface area contributed by atoms with Gasteiger partial charge in [-0.2, -0.15) is 5.10 Å². The van der Waals surface area contributed by atoms with Gasteiger partial charge in [-0.15, -0.1) is 0 Å². The van der Waals surface area contributed by atoms with Gasteiger partial charge in [-0.1, -0.05) is 30.8 Å². The number of carbonyl (C=O) groups is 2. The molecule has 0 radical (unpaired) electrons. The van der Waals surface area contributed by atoms with Crippen molar-refractivity contribution in [3.8, 4) is 11.5 Å². The number of methoxy groups -OCH3 is 2. The maximum absolute atomic E-state index is 12.9. The average Bonchev–Trinajstić information content (AvgIpc) is 2.89. The molecular weight excluding hydrogens is 464 g/mol. The molecule has 8 nitrogen and oxygen atoms in total. The van der Waals surface area contributed by atoms with Crippen molar-refractivity contribution in [1.29, 1.82) is 0 Å². The van der Waals surface area contributed by atoms with Crippen LogP contribution in [0.5, 0.6) is 11.5 Å². The summed E-state index contributed by atoms with van der Waals surface area (Å²) in [6, 6.07) is 16.3. The first kappa shape index (κ1) is 24.3. The maximum Gasteiger partial charge on any atom is 0.302 e. The van der Waals surface area contributed by atoms with Crippen molar-refractivity contribution in [2.45, 2.75) is 25.1 Å². The first-order chi connectivity index (χ1) is 17.0. The van der Waals surface area contributed by atoms with E-state index in [-0.39, 0.29) is 22.9 Å². The van der Waals surface area contributed by atoms with E-state index in [0.29, 0.717) is 22.7 Å². The minimum atomic E-state index is -0.228. The number of ether oxygens (including phenoxy) is 2. The highest BCUT2D eigenvalue weighted by atomic mass is 32.2. The van der Waals surface area contributed by atoms with Crippen LogP contribution in [0.15, 0.2) is 72.1 Å². The molecule has 0 bridgehead atoms. The zero-order valence-corrected chi connectivity index (χ0v) is 20.5. The third-order valence-electron chi connectivity index (χ3n) is 5.50. The SMILES string of the molecule is CCC1SC(=O)N(Cc2cccc(NC(=O)c3ccncc3)c2)N=C1c1ccc(OC)c(OC)c1. The highest BCUT2D eigenvalue weighted by Crippen LogP contribution is 2.33. The highest BCUT2D eigenvalue weighted by molar-refractivity contribution is 8.14. The zero-order valence-electron chi connectivity index (χ0n) is 19.7. The van der Waals surface area contributed by atoms with E-state index in [9.17, 15) is 9.59 Å². The molecular formula is C26H26N4O4S. The first-order valence-electron chi connectivity index (χ1n) is 11.1. The molecule has 2 amide bonds. The van der Waals surface area contributed by atoms with Crippen LogP contribution in [0.1, 0.15) is 34.8 Å². The lowest BCUT2D eigenvalue weighted by Crippen LogP contribution is -2.34. The lowest BCUT2D eigenvalue weighted by atomic mass is 10.0. The molecule has 1 N–H and O–H groups in total. The van der Waals surface area contributed by atoms with Crippen LogP contribution in [0.25, 0.3) is 0 Å². The number of rotatable bonds is 8. The fraction of sp³-hybridized carbons (Fsp3) is 0.231. The third-order valence-corrected chi connectivity index (χ3v) is 6.75. The molecule has 0 spiro atoms. The molecule has 1 aromatic heterocycles. The molecule has 0 saturated heterocycles. The Kier molecular flexibility index (Phi) is 7.67.